The largest absolute Gasteiger partial charge is 0.325 e. The van der Waals surface area contributed by atoms with Gasteiger partial charge in [0.25, 0.3) is 0 Å². The number of carbonyl (C=O) groups excluding carboxylic acids is 1. The second kappa shape index (κ2) is 8.37. The van der Waals surface area contributed by atoms with Gasteiger partial charge in [0, 0.05) is 29.7 Å². The quantitative estimate of drug-likeness (QED) is 0.563. The predicted molar refractivity (Wildman–Crippen MR) is 116 cm³/mol. The first-order valence-corrected chi connectivity index (χ1v) is 10.8. The molecule has 0 spiro atoms. The molecule has 2 heterocycles. The molecule has 1 fully saturated rings. The van der Waals surface area contributed by atoms with Crippen molar-refractivity contribution >= 4 is 23.4 Å². The Morgan fingerprint density at radius 3 is 2.38 bits per heavy atom. The molecule has 7 heteroatoms. The summed E-state index contributed by atoms with van der Waals surface area (Å²) in [6.07, 6.45) is 5.75. The summed E-state index contributed by atoms with van der Waals surface area (Å²) in [4.78, 5) is 16.8. The fraction of sp³-hybridized carbons (Fsp3) is 0.364. The molecule has 1 aliphatic carbocycles. The minimum Gasteiger partial charge on any atom is -0.325 e. The van der Waals surface area contributed by atoms with E-state index in [1.54, 1.807) is 12.4 Å². The van der Waals surface area contributed by atoms with Crippen LogP contribution in [0, 0.1) is 0 Å². The lowest BCUT2D eigenvalue weighted by Gasteiger charge is -2.14. The first-order chi connectivity index (χ1) is 14.0. The van der Waals surface area contributed by atoms with E-state index in [0.717, 1.165) is 35.1 Å². The highest BCUT2D eigenvalue weighted by atomic mass is 32.2. The molecule has 1 N–H and O–H groups in total. The summed E-state index contributed by atoms with van der Waals surface area (Å²) < 4.78 is 2.17. The van der Waals surface area contributed by atoms with Gasteiger partial charge in [-0.3, -0.25) is 14.3 Å². The number of carbonyl (C=O) groups is 1. The molecule has 1 atom stereocenters. The Bertz CT molecular complexity index is 980. The maximum Gasteiger partial charge on any atom is 0.237 e. The number of thioether (sulfide) groups is 1. The number of amides is 1. The molecule has 4 rings (SSSR count). The van der Waals surface area contributed by atoms with Crippen LogP contribution in [0.4, 0.5) is 5.69 Å². The lowest BCUT2D eigenvalue weighted by atomic mass is 10.0. The number of aromatic nitrogens is 4. The summed E-state index contributed by atoms with van der Waals surface area (Å²) in [5, 5.41) is 12.3. The van der Waals surface area contributed by atoms with Gasteiger partial charge in [-0.15, -0.1) is 10.2 Å². The van der Waals surface area contributed by atoms with Crippen molar-refractivity contribution in [3.63, 3.8) is 0 Å². The summed E-state index contributed by atoms with van der Waals surface area (Å²) in [6, 6.07) is 12.3. The smallest absolute Gasteiger partial charge is 0.237 e. The van der Waals surface area contributed by atoms with Crippen LogP contribution in [-0.4, -0.2) is 30.9 Å². The zero-order valence-electron chi connectivity index (χ0n) is 16.9. The van der Waals surface area contributed by atoms with Gasteiger partial charge in [-0.2, -0.15) is 0 Å². The van der Waals surface area contributed by atoms with Crippen molar-refractivity contribution in [3.05, 3.63) is 54.4 Å². The minimum atomic E-state index is -0.285. The summed E-state index contributed by atoms with van der Waals surface area (Å²) in [5.41, 5.74) is 3.06. The van der Waals surface area contributed by atoms with Crippen LogP contribution in [0.3, 0.4) is 0 Å². The third-order valence-corrected chi connectivity index (χ3v) is 6.07. The van der Waals surface area contributed by atoms with Crippen LogP contribution in [-0.2, 0) is 4.79 Å². The highest BCUT2D eigenvalue weighted by molar-refractivity contribution is 8.00. The molecule has 6 nitrogen and oxygen atoms in total. The number of nitrogens with one attached hydrogen (secondary N) is 1. The van der Waals surface area contributed by atoms with Crippen molar-refractivity contribution in [2.24, 2.45) is 0 Å². The van der Waals surface area contributed by atoms with Crippen molar-refractivity contribution in [3.8, 4) is 11.4 Å². The first-order valence-electron chi connectivity index (χ1n) is 9.95. The number of anilines is 1. The summed E-state index contributed by atoms with van der Waals surface area (Å²) in [5.74, 6) is 1.27. The predicted octanol–water partition coefficient (Wildman–Crippen LogP) is 4.92. The Morgan fingerprint density at radius 1 is 1.07 bits per heavy atom. The van der Waals surface area contributed by atoms with Gasteiger partial charge < -0.3 is 5.32 Å². The first kappa shape index (κ1) is 19.6. The second-order valence-electron chi connectivity index (χ2n) is 7.67. The van der Waals surface area contributed by atoms with Gasteiger partial charge in [-0.1, -0.05) is 37.7 Å². The van der Waals surface area contributed by atoms with Gasteiger partial charge in [0.15, 0.2) is 11.0 Å². The third-order valence-electron chi connectivity index (χ3n) is 5.01. The van der Waals surface area contributed by atoms with E-state index in [2.05, 4.69) is 51.0 Å². The average Bonchev–Trinajstić information content (AvgIpc) is 3.49. The lowest BCUT2D eigenvalue weighted by Crippen LogP contribution is -2.23. The number of pyridine rings is 1. The van der Waals surface area contributed by atoms with E-state index < -0.39 is 0 Å². The van der Waals surface area contributed by atoms with E-state index in [9.17, 15) is 4.79 Å². The molecule has 0 bridgehead atoms. The van der Waals surface area contributed by atoms with E-state index in [0.29, 0.717) is 12.0 Å². The molecule has 150 valence electrons. The molecule has 1 saturated carbocycles. The molecule has 0 aliphatic heterocycles. The van der Waals surface area contributed by atoms with Crippen molar-refractivity contribution in [2.45, 2.75) is 56.0 Å². The normalized spacial score (nSPS) is 14.8. The van der Waals surface area contributed by atoms with Crippen LogP contribution < -0.4 is 5.32 Å². The van der Waals surface area contributed by atoms with Crippen LogP contribution >= 0.6 is 11.8 Å². The fourth-order valence-corrected chi connectivity index (χ4v) is 4.04. The van der Waals surface area contributed by atoms with Gasteiger partial charge in [0.2, 0.25) is 5.91 Å². The highest BCUT2D eigenvalue weighted by Gasteiger charge is 2.31. The van der Waals surface area contributed by atoms with Crippen LogP contribution in [0.5, 0.6) is 0 Å². The lowest BCUT2D eigenvalue weighted by molar-refractivity contribution is -0.115. The number of nitrogens with zero attached hydrogens (tertiary/aromatic N) is 4. The number of hydrogen-bond acceptors (Lipinski definition) is 5. The van der Waals surface area contributed by atoms with Crippen molar-refractivity contribution in [2.75, 3.05) is 5.32 Å². The molecule has 2 aromatic heterocycles. The zero-order valence-corrected chi connectivity index (χ0v) is 17.7. The summed E-state index contributed by atoms with van der Waals surface area (Å²) in [6.45, 7) is 6.21. The van der Waals surface area contributed by atoms with E-state index >= 15 is 0 Å². The molecule has 0 radical (unpaired) electrons. The van der Waals surface area contributed by atoms with Crippen molar-refractivity contribution in [1.29, 1.82) is 0 Å². The molecule has 1 aliphatic rings. The Hall–Kier alpha value is -2.67. The second-order valence-corrected chi connectivity index (χ2v) is 8.98. The van der Waals surface area contributed by atoms with Gasteiger partial charge >= 0.3 is 0 Å². The van der Waals surface area contributed by atoms with Crippen LogP contribution in [0.2, 0.25) is 0 Å². The van der Waals surface area contributed by atoms with E-state index in [-0.39, 0.29) is 11.2 Å². The molecule has 0 unspecified atom stereocenters. The topological polar surface area (TPSA) is 72.7 Å². The maximum absolute atomic E-state index is 12.7. The molecule has 29 heavy (non-hydrogen) atoms. The number of benzene rings is 1. The maximum atomic E-state index is 12.7. The Balaban J connectivity index is 1.47. The molecule has 0 saturated heterocycles. The Labute approximate surface area is 175 Å². The number of hydrogen-bond donors (Lipinski definition) is 1. The summed E-state index contributed by atoms with van der Waals surface area (Å²) in [7, 11) is 0. The minimum absolute atomic E-state index is 0.0388. The fourth-order valence-electron chi connectivity index (χ4n) is 3.12. The molecule has 1 aromatic carbocycles. The third kappa shape index (κ3) is 4.50. The van der Waals surface area contributed by atoms with E-state index in [1.165, 1.54) is 17.3 Å². The Kier molecular flexibility index (Phi) is 5.67. The van der Waals surface area contributed by atoms with Crippen LogP contribution in [0.1, 0.15) is 51.1 Å². The zero-order chi connectivity index (χ0) is 20.4. The van der Waals surface area contributed by atoms with Gasteiger partial charge in [-0.25, -0.2) is 0 Å². The molecule has 1 amide bonds. The van der Waals surface area contributed by atoms with Crippen molar-refractivity contribution < 1.29 is 4.79 Å². The average molecular weight is 408 g/mol. The number of rotatable bonds is 7. The standard InChI is InChI=1S/C22H25N5OS/c1-14(2)16-4-6-18(7-5-16)24-21(28)15(3)29-22-26-25-20(27(22)19-8-9-19)17-10-12-23-13-11-17/h4-7,10-15,19H,8-9H2,1-3H3,(H,24,28)/t15-/m1/s1. The van der Waals surface area contributed by atoms with Crippen LogP contribution in [0.25, 0.3) is 11.4 Å². The van der Waals surface area contributed by atoms with Gasteiger partial charge in [-0.05, 0) is 55.5 Å². The molecule has 3 aromatic rings. The summed E-state index contributed by atoms with van der Waals surface area (Å²) >= 11 is 1.45. The molecular weight excluding hydrogens is 382 g/mol. The van der Waals surface area contributed by atoms with Crippen molar-refractivity contribution in [1.82, 2.24) is 19.7 Å². The van der Waals surface area contributed by atoms with E-state index in [1.807, 2.05) is 31.2 Å². The monoisotopic (exact) mass is 407 g/mol. The SMILES string of the molecule is CC(C)c1ccc(NC(=O)[C@@H](C)Sc2nnc(-c3ccncc3)n2C2CC2)cc1. The van der Waals surface area contributed by atoms with Crippen LogP contribution in [0.15, 0.2) is 53.9 Å². The van der Waals surface area contributed by atoms with E-state index in [4.69, 9.17) is 0 Å². The van der Waals surface area contributed by atoms with Gasteiger partial charge in [0.05, 0.1) is 5.25 Å². The Morgan fingerprint density at radius 2 is 1.76 bits per heavy atom. The molecular formula is C22H25N5OS. The van der Waals surface area contributed by atoms with Gasteiger partial charge in [0.1, 0.15) is 0 Å². The highest BCUT2D eigenvalue weighted by Crippen LogP contribution is 2.41.